The standard InChI is InChI=1S/C34H29ClF3N5O3/c1-20-28(33(46)43(25-17-39-40(2)19-25)24-9-11-26(44)12-10-24)16-30(41(20)3)29-15-23(35)8-13-27(29)32(45)42-18-22-7-5-4-6-21(22)14-31(42)34(36,37)38/h4-13,15-17,19,31,44H,14,18H2,1-3H3/t31-/m0/s1. The number of aromatic nitrogens is 3. The maximum absolute atomic E-state index is 14.4. The van der Waals surface area contributed by atoms with Gasteiger partial charge < -0.3 is 14.6 Å². The lowest BCUT2D eigenvalue weighted by Crippen LogP contribution is -2.52. The number of benzene rings is 3. The minimum atomic E-state index is -4.65. The van der Waals surface area contributed by atoms with Gasteiger partial charge in [0.15, 0.2) is 0 Å². The molecule has 3 heterocycles. The van der Waals surface area contributed by atoms with Crippen molar-refractivity contribution in [2.24, 2.45) is 14.1 Å². The molecule has 1 N–H and O–H groups in total. The Morgan fingerprint density at radius 3 is 2.30 bits per heavy atom. The van der Waals surface area contributed by atoms with Gasteiger partial charge >= 0.3 is 6.18 Å². The fourth-order valence-electron chi connectivity index (χ4n) is 5.90. The number of phenolic OH excluding ortho intramolecular Hbond substituents is 1. The van der Waals surface area contributed by atoms with E-state index in [4.69, 9.17) is 11.6 Å². The smallest absolute Gasteiger partial charge is 0.409 e. The summed E-state index contributed by atoms with van der Waals surface area (Å²) in [5.74, 6) is -1.18. The molecule has 12 heteroatoms. The van der Waals surface area contributed by atoms with Gasteiger partial charge in [-0.05, 0) is 66.6 Å². The molecule has 0 aliphatic carbocycles. The van der Waals surface area contributed by atoms with Gasteiger partial charge in [0.2, 0.25) is 0 Å². The van der Waals surface area contributed by atoms with E-state index in [0.717, 1.165) is 4.90 Å². The van der Waals surface area contributed by atoms with E-state index in [0.29, 0.717) is 39.5 Å². The van der Waals surface area contributed by atoms with Crippen molar-refractivity contribution in [3.05, 3.63) is 118 Å². The minimum absolute atomic E-state index is 0.0280. The number of alkyl halides is 3. The number of anilines is 2. The highest BCUT2D eigenvalue weighted by molar-refractivity contribution is 6.31. The zero-order valence-corrected chi connectivity index (χ0v) is 25.8. The van der Waals surface area contributed by atoms with Crippen LogP contribution in [0, 0.1) is 6.92 Å². The Labute approximate surface area is 267 Å². The molecule has 1 aliphatic rings. The van der Waals surface area contributed by atoms with Crippen molar-refractivity contribution in [2.45, 2.75) is 32.1 Å². The third-order valence-corrected chi connectivity index (χ3v) is 8.64. The highest BCUT2D eigenvalue weighted by atomic mass is 35.5. The minimum Gasteiger partial charge on any atom is -0.508 e. The van der Waals surface area contributed by atoms with Crippen molar-refractivity contribution in [2.75, 3.05) is 4.90 Å². The van der Waals surface area contributed by atoms with Gasteiger partial charge in [0.25, 0.3) is 11.8 Å². The fraction of sp³-hybridized carbons (Fsp3) is 0.206. The zero-order chi connectivity index (χ0) is 32.9. The molecule has 6 rings (SSSR count). The van der Waals surface area contributed by atoms with Crippen LogP contribution in [0.4, 0.5) is 24.5 Å². The maximum atomic E-state index is 14.4. The lowest BCUT2D eigenvalue weighted by atomic mass is 9.92. The maximum Gasteiger partial charge on any atom is 0.409 e. The molecule has 1 atom stereocenters. The summed E-state index contributed by atoms with van der Waals surface area (Å²) in [6, 6.07) is 17.0. The third-order valence-electron chi connectivity index (χ3n) is 8.40. The van der Waals surface area contributed by atoms with Gasteiger partial charge in [-0.3, -0.25) is 19.2 Å². The molecule has 46 heavy (non-hydrogen) atoms. The predicted octanol–water partition coefficient (Wildman–Crippen LogP) is 7.20. The van der Waals surface area contributed by atoms with E-state index in [1.54, 1.807) is 78.9 Å². The number of halogens is 4. The average molecular weight is 648 g/mol. The topological polar surface area (TPSA) is 83.6 Å². The number of hydrogen-bond acceptors (Lipinski definition) is 4. The van der Waals surface area contributed by atoms with Crippen molar-refractivity contribution in [1.29, 1.82) is 0 Å². The molecule has 236 valence electrons. The number of fused-ring (bicyclic) bond motifs is 1. The Hall–Kier alpha value is -5.03. The van der Waals surface area contributed by atoms with Crippen molar-refractivity contribution < 1.29 is 27.9 Å². The molecule has 0 radical (unpaired) electrons. The van der Waals surface area contributed by atoms with Crippen molar-refractivity contribution in [1.82, 2.24) is 19.2 Å². The summed E-state index contributed by atoms with van der Waals surface area (Å²) in [6.45, 7) is 1.53. The van der Waals surface area contributed by atoms with Crippen LogP contribution in [0.2, 0.25) is 5.02 Å². The highest BCUT2D eigenvalue weighted by Crippen LogP contribution is 2.38. The molecule has 0 unspecified atom stereocenters. The Kier molecular flexibility index (Phi) is 7.89. The summed E-state index contributed by atoms with van der Waals surface area (Å²) < 4.78 is 46.3. The summed E-state index contributed by atoms with van der Waals surface area (Å²) in [5, 5.41) is 14.3. The van der Waals surface area contributed by atoms with Gasteiger partial charge in [-0.25, -0.2) is 0 Å². The van der Waals surface area contributed by atoms with Gasteiger partial charge in [0, 0.05) is 66.5 Å². The summed E-state index contributed by atoms with van der Waals surface area (Å²) in [5.41, 5.74) is 3.73. The number of carbonyl (C=O) groups is 2. The second-order valence-electron chi connectivity index (χ2n) is 11.3. The number of hydrogen-bond donors (Lipinski definition) is 1. The monoisotopic (exact) mass is 647 g/mol. The van der Waals surface area contributed by atoms with E-state index >= 15 is 0 Å². The normalized spacial score (nSPS) is 14.7. The lowest BCUT2D eigenvalue weighted by molar-refractivity contribution is -0.179. The van der Waals surface area contributed by atoms with Crippen LogP contribution < -0.4 is 4.90 Å². The van der Waals surface area contributed by atoms with Crippen LogP contribution in [0.1, 0.15) is 37.5 Å². The van der Waals surface area contributed by atoms with Crippen molar-refractivity contribution >= 4 is 34.8 Å². The quantitative estimate of drug-likeness (QED) is 0.219. The molecule has 0 saturated carbocycles. The van der Waals surface area contributed by atoms with Gasteiger partial charge in [0.05, 0.1) is 17.4 Å². The third kappa shape index (κ3) is 5.62. The van der Waals surface area contributed by atoms with E-state index < -0.39 is 24.0 Å². The largest absolute Gasteiger partial charge is 0.508 e. The van der Waals surface area contributed by atoms with Crippen LogP contribution in [0.3, 0.4) is 0 Å². The fourth-order valence-corrected chi connectivity index (χ4v) is 6.07. The molecule has 2 aromatic heterocycles. The molecule has 8 nitrogen and oxygen atoms in total. The number of phenols is 1. The second kappa shape index (κ2) is 11.7. The summed E-state index contributed by atoms with van der Waals surface area (Å²) in [7, 11) is 3.43. The van der Waals surface area contributed by atoms with Crippen LogP contribution >= 0.6 is 11.6 Å². The molecule has 2 amide bonds. The lowest BCUT2D eigenvalue weighted by Gasteiger charge is -2.38. The van der Waals surface area contributed by atoms with E-state index in [1.807, 2.05) is 0 Å². The van der Waals surface area contributed by atoms with E-state index in [2.05, 4.69) is 5.10 Å². The highest BCUT2D eigenvalue weighted by Gasteiger charge is 2.48. The predicted molar refractivity (Wildman–Crippen MR) is 168 cm³/mol. The molecule has 5 aromatic rings. The number of rotatable bonds is 5. The van der Waals surface area contributed by atoms with Crippen LogP contribution in [-0.2, 0) is 27.1 Å². The molecule has 3 aromatic carbocycles. The molecular weight excluding hydrogens is 619 g/mol. The molecule has 0 bridgehead atoms. The van der Waals surface area contributed by atoms with Gasteiger partial charge in [-0.2, -0.15) is 18.3 Å². The Balaban J connectivity index is 1.44. The number of aromatic hydroxyl groups is 1. The first-order valence-corrected chi connectivity index (χ1v) is 14.7. The van der Waals surface area contributed by atoms with Crippen LogP contribution in [0.15, 0.2) is 85.2 Å². The van der Waals surface area contributed by atoms with Crippen LogP contribution in [-0.4, -0.2) is 48.4 Å². The summed E-state index contributed by atoms with van der Waals surface area (Å²) in [6.07, 6.45) is -1.80. The van der Waals surface area contributed by atoms with E-state index in [9.17, 15) is 27.9 Å². The Morgan fingerprint density at radius 2 is 1.65 bits per heavy atom. The molecule has 0 saturated heterocycles. The van der Waals surface area contributed by atoms with Gasteiger partial charge in [-0.15, -0.1) is 0 Å². The van der Waals surface area contributed by atoms with Crippen molar-refractivity contribution in [3.63, 3.8) is 0 Å². The number of aryl methyl sites for hydroxylation is 1. The van der Waals surface area contributed by atoms with E-state index in [-0.39, 0.29) is 34.9 Å². The molecule has 0 spiro atoms. The SMILES string of the molecule is Cc1c(C(=O)N(c2ccc(O)cc2)c2cnn(C)c2)cc(-c2cc(Cl)ccc2C(=O)N2Cc3ccccc3C[C@H]2C(F)(F)F)n1C. The Bertz CT molecular complexity index is 1970. The van der Waals surface area contributed by atoms with Gasteiger partial charge in [-0.1, -0.05) is 35.9 Å². The average Bonchev–Trinajstić information content (AvgIpc) is 3.58. The van der Waals surface area contributed by atoms with Gasteiger partial charge in [0.1, 0.15) is 11.8 Å². The number of nitrogens with zero attached hydrogens (tertiary/aromatic N) is 5. The van der Waals surface area contributed by atoms with Crippen molar-refractivity contribution in [3.8, 4) is 17.0 Å². The van der Waals surface area contributed by atoms with Crippen LogP contribution in [0.25, 0.3) is 11.3 Å². The van der Waals surface area contributed by atoms with E-state index in [1.165, 1.54) is 41.4 Å². The summed E-state index contributed by atoms with van der Waals surface area (Å²) >= 11 is 6.39. The number of carbonyl (C=O) groups excluding carboxylic acids is 2. The first-order valence-electron chi connectivity index (χ1n) is 14.4. The summed E-state index contributed by atoms with van der Waals surface area (Å²) in [4.78, 5) is 30.6. The molecular formula is C34H29ClF3N5O3. The number of amides is 2. The Morgan fingerprint density at radius 1 is 0.957 bits per heavy atom. The second-order valence-corrected chi connectivity index (χ2v) is 11.7. The molecule has 1 aliphatic heterocycles. The first kappa shape index (κ1) is 31.0. The zero-order valence-electron chi connectivity index (χ0n) is 25.1. The first-order chi connectivity index (χ1) is 21.8. The van der Waals surface area contributed by atoms with Crippen LogP contribution in [0.5, 0.6) is 5.75 Å². The molecule has 0 fully saturated rings.